The Morgan fingerprint density at radius 2 is 2.32 bits per heavy atom. The van der Waals surface area contributed by atoms with Gasteiger partial charge in [-0.25, -0.2) is 4.39 Å². The Balaban J connectivity index is 2.05. The summed E-state index contributed by atoms with van der Waals surface area (Å²) in [5, 5.41) is 3.35. The van der Waals surface area contributed by atoms with Gasteiger partial charge in [0.25, 0.3) is 0 Å². The molecular formula is C15H22FNO2. The van der Waals surface area contributed by atoms with Gasteiger partial charge in [0.05, 0.1) is 12.7 Å². The van der Waals surface area contributed by atoms with E-state index in [-0.39, 0.29) is 17.5 Å². The molecule has 1 aliphatic rings. The average Bonchev–Trinajstić information content (AvgIpc) is 2.83. The van der Waals surface area contributed by atoms with Crippen LogP contribution in [-0.4, -0.2) is 25.9 Å². The van der Waals surface area contributed by atoms with E-state index >= 15 is 0 Å². The lowest BCUT2D eigenvalue weighted by atomic mass is 10.0. The fourth-order valence-electron chi connectivity index (χ4n) is 2.56. The predicted octanol–water partition coefficient (Wildman–Crippen LogP) is 3.05. The molecule has 1 fully saturated rings. The van der Waals surface area contributed by atoms with Crippen LogP contribution in [0, 0.1) is 5.82 Å². The zero-order chi connectivity index (χ0) is 13.9. The minimum absolute atomic E-state index is 0.114. The van der Waals surface area contributed by atoms with Gasteiger partial charge < -0.3 is 14.8 Å². The summed E-state index contributed by atoms with van der Waals surface area (Å²) in [5.41, 5.74) is 0.443. The Morgan fingerprint density at radius 1 is 1.53 bits per heavy atom. The summed E-state index contributed by atoms with van der Waals surface area (Å²) in [6.07, 6.45) is 2.14. The van der Waals surface area contributed by atoms with Crippen LogP contribution in [0.15, 0.2) is 18.2 Å². The normalized spacial score (nSPS) is 24.4. The molecule has 0 saturated carbocycles. The molecule has 1 aliphatic heterocycles. The Labute approximate surface area is 114 Å². The molecule has 0 aromatic heterocycles. The number of benzene rings is 1. The van der Waals surface area contributed by atoms with Gasteiger partial charge in [0.2, 0.25) is 0 Å². The van der Waals surface area contributed by atoms with Crippen molar-refractivity contribution >= 4 is 0 Å². The lowest BCUT2D eigenvalue weighted by Crippen LogP contribution is -2.38. The first-order valence-corrected chi connectivity index (χ1v) is 6.75. The van der Waals surface area contributed by atoms with E-state index < -0.39 is 0 Å². The number of ether oxygens (including phenoxy) is 2. The summed E-state index contributed by atoms with van der Waals surface area (Å²) in [4.78, 5) is 0. The molecule has 0 aliphatic carbocycles. The van der Waals surface area contributed by atoms with Gasteiger partial charge in [0.1, 0.15) is 11.6 Å². The van der Waals surface area contributed by atoms with Crippen molar-refractivity contribution in [1.82, 2.24) is 5.32 Å². The molecular weight excluding hydrogens is 245 g/mol. The van der Waals surface area contributed by atoms with Gasteiger partial charge in [-0.1, -0.05) is 6.07 Å². The zero-order valence-electron chi connectivity index (χ0n) is 11.8. The van der Waals surface area contributed by atoms with E-state index in [1.165, 1.54) is 6.07 Å². The molecule has 1 aromatic carbocycles. The van der Waals surface area contributed by atoms with Crippen molar-refractivity contribution in [2.75, 3.05) is 20.3 Å². The van der Waals surface area contributed by atoms with Crippen LogP contribution in [0.5, 0.6) is 5.75 Å². The molecule has 1 aromatic rings. The number of halogens is 1. The number of nitrogens with one attached hydrogen (secondary N) is 1. The molecule has 19 heavy (non-hydrogen) atoms. The van der Waals surface area contributed by atoms with Gasteiger partial charge in [-0.15, -0.1) is 0 Å². The van der Waals surface area contributed by atoms with Crippen molar-refractivity contribution in [2.24, 2.45) is 0 Å². The number of methoxy groups -OCH3 is 1. The van der Waals surface area contributed by atoms with Crippen molar-refractivity contribution in [3.05, 3.63) is 29.6 Å². The minimum atomic E-state index is -0.239. The monoisotopic (exact) mass is 267 g/mol. The molecule has 0 amide bonds. The van der Waals surface area contributed by atoms with Crippen LogP contribution >= 0.6 is 0 Å². The zero-order valence-corrected chi connectivity index (χ0v) is 11.8. The van der Waals surface area contributed by atoms with Gasteiger partial charge in [0, 0.05) is 24.8 Å². The molecule has 1 saturated heterocycles. The Kier molecular flexibility index (Phi) is 4.42. The first-order valence-electron chi connectivity index (χ1n) is 6.75. The highest BCUT2D eigenvalue weighted by atomic mass is 19.1. The highest BCUT2D eigenvalue weighted by Crippen LogP contribution is 2.29. The highest BCUT2D eigenvalue weighted by Gasteiger charge is 2.30. The van der Waals surface area contributed by atoms with Gasteiger partial charge >= 0.3 is 0 Å². The summed E-state index contributed by atoms with van der Waals surface area (Å²) in [6.45, 7) is 5.57. The van der Waals surface area contributed by atoms with Gasteiger partial charge in [-0.3, -0.25) is 0 Å². The topological polar surface area (TPSA) is 30.5 Å². The van der Waals surface area contributed by atoms with Crippen LogP contribution < -0.4 is 10.1 Å². The first kappa shape index (κ1) is 14.3. The molecule has 2 rings (SSSR count). The first-order chi connectivity index (χ1) is 9.06. The summed E-state index contributed by atoms with van der Waals surface area (Å²) in [7, 11) is 1.56. The van der Waals surface area contributed by atoms with E-state index in [0.717, 1.165) is 19.4 Å². The van der Waals surface area contributed by atoms with Crippen molar-refractivity contribution in [1.29, 1.82) is 0 Å². The number of rotatable bonds is 5. The maximum absolute atomic E-state index is 13.9. The second-order valence-electron chi connectivity index (χ2n) is 5.36. The van der Waals surface area contributed by atoms with E-state index in [0.29, 0.717) is 17.9 Å². The molecule has 0 spiro atoms. The van der Waals surface area contributed by atoms with E-state index in [1.54, 1.807) is 19.2 Å². The van der Waals surface area contributed by atoms with Gasteiger partial charge in [-0.2, -0.15) is 0 Å². The largest absolute Gasteiger partial charge is 0.496 e. The fraction of sp³-hybridized carbons (Fsp3) is 0.600. The lowest BCUT2D eigenvalue weighted by Gasteiger charge is -2.26. The van der Waals surface area contributed by atoms with Crippen molar-refractivity contribution in [3.63, 3.8) is 0 Å². The third-order valence-electron chi connectivity index (χ3n) is 3.75. The van der Waals surface area contributed by atoms with Crippen LogP contribution in [0.2, 0.25) is 0 Å². The van der Waals surface area contributed by atoms with E-state index in [4.69, 9.17) is 9.47 Å². The smallest absolute Gasteiger partial charge is 0.131 e. The number of hydrogen-bond donors (Lipinski definition) is 1. The van der Waals surface area contributed by atoms with Gasteiger partial charge in [-0.05, 0) is 38.8 Å². The highest BCUT2D eigenvalue weighted by molar-refractivity contribution is 5.36. The molecule has 3 nitrogen and oxygen atoms in total. The summed E-state index contributed by atoms with van der Waals surface area (Å²) >= 11 is 0. The van der Waals surface area contributed by atoms with Crippen LogP contribution in [0.1, 0.15) is 38.3 Å². The average molecular weight is 267 g/mol. The van der Waals surface area contributed by atoms with Crippen molar-refractivity contribution in [2.45, 2.75) is 38.3 Å². The third-order valence-corrected chi connectivity index (χ3v) is 3.75. The Bertz CT molecular complexity index is 430. The minimum Gasteiger partial charge on any atom is -0.496 e. The molecule has 0 radical (unpaired) electrons. The summed E-state index contributed by atoms with van der Waals surface area (Å²) in [5.74, 6) is 0.342. The van der Waals surface area contributed by atoms with Crippen LogP contribution in [-0.2, 0) is 4.74 Å². The van der Waals surface area contributed by atoms with Crippen LogP contribution in [0.25, 0.3) is 0 Å². The van der Waals surface area contributed by atoms with E-state index in [1.807, 2.05) is 6.92 Å². The third kappa shape index (κ3) is 3.25. The maximum Gasteiger partial charge on any atom is 0.131 e. The Morgan fingerprint density at radius 3 is 2.95 bits per heavy atom. The quantitative estimate of drug-likeness (QED) is 0.889. The number of hydrogen-bond acceptors (Lipinski definition) is 3. The fourth-order valence-corrected chi connectivity index (χ4v) is 2.56. The molecule has 2 atom stereocenters. The molecule has 4 heteroatoms. The molecule has 1 N–H and O–H groups in total. The Hall–Kier alpha value is -1.13. The van der Waals surface area contributed by atoms with E-state index in [9.17, 15) is 4.39 Å². The molecule has 0 bridgehead atoms. The molecule has 106 valence electrons. The maximum atomic E-state index is 13.9. The standard InChI is InChI=1S/C15H22FNO2/c1-11(17-10-15(2)8-5-9-19-15)14-12(16)6-4-7-13(14)18-3/h4,6-7,11,17H,5,8-10H2,1-3H3. The van der Waals surface area contributed by atoms with Crippen LogP contribution in [0.4, 0.5) is 4.39 Å². The van der Waals surface area contributed by atoms with E-state index in [2.05, 4.69) is 12.2 Å². The SMILES string of the molecule is COc1cccc(F)c1C(C)NCC1(C)CCCO1. The second-order valence-corrected chi connectivity index (χ2v) is 5.36. The van der Waals surface area contributed by atoms with Gasteiger partial charge in [0.15, 0.2) is 0 Å². The van der Waals surface area contributed by atoms with Crippen molar-refractivity contribution < 1.29 is 13.9 Å². The molecule has 2 unspecified atom stereocenters. The van der Waals surface area contributed by atoms with Crippen molar-refractivity contribution in [3.8, 4) is 5.75 Å². The molecule has 1 heterocycles. The van der Waals surface area contributed by atoms with Crippen LogP contribution in [0.3, 0.4) is 0 Å². The second kappa shape index (κ2) is 5.88. The predicted molar refractivity (Wildman–Crippen MR) is 73.0 cm³/mol. The summed E-state index contributed by atoms with van der Waals surface area (Å²) in [6, 6.07) is 4.79. The summed E-state index contributed by atoms with van der Waals surface area (Å²) < 4.78 is 24.9. The lowest BCUT2D eigenvalue weighted by molar-refractivity contribution is 0.0189.